The van der Waals surface area contributed by atoms with Crippen LogP contribution in [0.4, 0.5) is 0 Å². The van der Waals surface area contributed by atoms with E-state index in [0.717, 1.165) is 6.42 Å². The summed E-state index contributed by atoms with van der Waals surface area (Å²) in [6.45, 7) is 2.27. The predicted molar refractivity (Wildman–Crippen MR) is 71.2 cm³/mol. The first kappa shape index (κ1) is 11.9. The minimum Gasteiger partial charge on any atom is -0.396 e. The molecular weight excluding hydrogens is 208 g/mol. The molecule has 88 valence electrons. The van der Waals surface area contributed by atoms with Crippen LogP contribution in [0.1, 0.15) is 22.6 Å². The molecule has 1 unspecified atom stereocenters. The molecule has 0 aliphatic carbocycles. The van der Waals surface area contributed by atoms with Gasteiger partial charge in [-0.3, -0.25) is 0 Å². The number of rotatable bonds is 4. The molecule has 0 fully saturated rings. The average molecular weight is 226 g/mol. The van der Waals surface area contributed by atoms with Gasteiger partial charge in [0.25, 0.3) is 0 Å². The number of aliphatic hydroxyl groups is 1. The van der Waals surface area contributed by atoms with Gasteiger partial charge < -0.3 is 5.11 Å². The summed E-state index contributed by atoms with van der Waals surface area (Å²) in [6, 6.07) is 18.7. The van der Waals surface area contributed by atoms with E-state index < -0.39 is 0 Å². The summed E-state index contributed by atoms with van der Waals surface area (Å²) in [5, 5.41) is 9.51. The zero-order chi connectivity index (χ0) is 12.1. The van der Waals surface area contributed by atoms with Gasteiger partial charge in [-0.05, 0) is 24.5 Å². The molecule has 0 bridgehead atoms. The highest BCUT2D eigenvalue weighted by molar-refractivity contribution is 5.27. The average Bonchev–Trinajstić information content (AvgIpc) is 2.38. The van der Waals surface area contributed by atoms with Gasteiger partial charge in [0, 0.05) is 5.92 Å². The summed E-state index contributed by atoms with van der Waals surface area (Å²) in [5.41, 5.74) is 3.74. The van der Waals surface area contributed by atoms with Gasteiger partial charge in [0.2, 0.25) is 0 Å². The monoisotopic (exact) mass is 226 g/mol. The van der Waals surface area contributed by atoms with Crippen molar-refractivity contribution < 1.29 is 5.11 Å². The molecule has 0 aliphatic heterocycles. The molecule has 17 heavy (non-hydrogen) atoms. The van der Waals surface area contributed by atoms with Gasteiger partial charge in [-0.15, -0.1) is 0 Å². The van der Waals surface area contributed by atoms with Crippen molar-refractivity contribution in [1.29, 1.82) is 0 Å². The molecular formula is C16H18O. The van der Waals surface area contributed by atoms with Crippen molar-refractivity contribution in [3.63, 3.8) is 0 Å². The lowest BCUT2D eigenvalue weighted by Crippen LogP contribution is -2.07. The highest BCUT2D eigenvalue weighted by Crippen LogP contribution is 2.20. The van der Waals surface area contributed by atoms with Crippen LogP contribution in [0.25, 0.3) is 0 Å². The zero-order valence-corrected chi connectivity index (χ0v) is 10.1. The lowest BCUT2D eigenvalue weighted by atomic mass is 9.92. The van der Waals surface area contributed by atoms with Crippen molar-refractivity contribution >= 4 is 0 Å². The summed E-state index contributed by atoms with van der Waals surface area (Å²) in [4.78, 5) is 0. The van der Waals surface area contributed by atoms with E-state index in [1.165, 1.54) is 16.7 Å². The lowest BCUT2D eigenvalue weighted by molar-refractivity contribution is 0.264. The smallest absolute Gasteiger partial charge is 0.0502 e. The first-order valence-electron chi connectivity index (χ1n) is 6.01. The topological polar surface area (TPSA) is 20.2 Å². The summed E-state index contributed by atoms with van der Waals surface area (Å²) in [7, 11) is 0. The molecule has 1 nitrogen and oxygen atoms in total. The van der Waals surface area contributed by atoms with Crippen LogP contribution in [0.3, 0.4) is 0 Å². The first-order chi connectivity index (χ1) is 8.29. The minimum absolute atomic E-state index is 0.192. The number of aryl methyl sites for hydroxylation is 1. The van der Waals surface area contributed by atoms with E-state index in [2.05, 4.69) is 43.3 Å². The van der Waals surface area contributed by atoms with Crippen LogP contribution in [0.15, 0.2) is 54.6 Å². The second-order valence-electron chi connectivity index (χ2n) is 4.48. The SMILES string of the molecule is Cc1ccc(C(CO)Cc2ccccc2)cc1. The maximum Gasteiger partial charge on any atom is 0.0502 e. The molecule has 2 aromatic carbocycles. The first-order valence-corrected chi connectivity index (χ1v) is 6.01. The molecule has 2 rings (SSSR count). The van der Waals surface area contributed by atoms with Crippen LogP contribution in [0, 0.1) is 6.92 Å². The summed E-state index contributed by atoms with van der Waals surface area (Å²) < 4.78 is 0. The zero-order valence-electron chi connectivity index (χ0n) is 10.1. The highest BCUT2D eigenvalue weighted by atomic mass is 16.3. The van der Waals surface area contributed by atoms with Crippen molar-refractivity contribution in [2.75, 3.05) is 6.61 Å². The number of aliphatic hydroxyl groups excluding tert-OH is 1. The molecule has 1 N–H and O–H groups in total. The van der Waals surface area contributed by atoms with E-state index in [-0.39, 0.29) is 12.5 Å². The standard InChI is InChI=1S/C16H18O/c1-13-7-9-15(10-8-13)16(12-17)11-14-5-3-2-4-6-14/h2-10,16-17H,11-12H2,1H3. The molecule has 0 saturated heterocycles. The van der Waals surface area contributed by atoms with Crippen LogP contribution in [0.5, 0.6) is 0 Å². The van der Waals surface area contributed by atoms with Crippen molar-refractivity contribution in [3.8, 4) is 0 Å². The van der Waals surface area contributed by atoms with Crippen LogP contribution in [0.2, 0.25) is 0 Å². The predicted octanol–water partition coefficient (Wildman–Crippen LogP) is 3.31. The fourth-order valence-corrected chi connectivity index (χ4v) is 2.03. The molecule has 0 spiro atoms. The summed E-state index contributed by atoms with van der Waals surface area (Å²) >= 11 is 0. The summed E-state index contributed by atoms with van der Waals surface area (Å²) in [5.74, 6) is 0.193. The highest BCUT2D eigenvalue weighted by Gasteiger charge is 2.10. The van der Waals surface area contributed by atoms with Gasteiger partial charge in [-0.25, -0.2) is 0 Å². The van der Waals surface area contributed by atoms with Crippen molar-refractivity contribution in [1.82, 2.24) is 0 Å². The van der Waals surface area contributed by atoms with Crippen LogP contribution in [-0.2, 0) is 6.42 Å². The van der Waals surface area contributed by atoms with Crippen LogP contribution >= 0.6 is 0 Å². The number of hydrogen-bond acceptors (Lipinski definition) is 1. The molecule has 1 heteroatoms. The van der Waals surface area contributed by atoms with Gasteiger partial charge in [0.05, 0.1) is 6.61 Å². The normalized spacial score (nSPS) is 12.4. The Morgan fingerprint density at radius 3 is 2.18 bits per heavy atom. The van der Waals surface area contributed by atoms with E-state index >= 15 is 0 Å². The van der Waals surface area contributed by atoms with Gasteiger partial charge in [0.1, 0.15) is 0 Å². The van der Waals surface area contributed by atoms with Gasteiger partial charge >= 0.3 is 0 Å². The third-order valence-corrected chi connectivity index (χ3v) is 3.09. The third kappa shape index (κ3) is 3.18. The molecule has 1 atom stereocenters. The quantitative estimate of drug-likeness (QED) is 0.848. The van der Waals surface area contributed by atoms with Gasteiger partial charge in [-0.2, -0.15) is 0 Å². The van der Waals surface area contributed by atoms with E-state index in [1.807, 2.05) is 18.2 Å². The van der Waals surface area contributed by atoms with Crippen LogP contribution < -0.4 is 0 Å². The van der Waals surface area contributed by atoms with Crippen molar-refractivity contribution in [2.45, 2.75) is 19.3 Å². The Kier molecular flexibility index (Phi) is 3.94. The van der Waals surface area contributed by atoms with Crippen molar-refractivity contribution in [2.24, 2.45) is 0 Å². The lowest BCUT2D eigenvalue weighted by Gasteiger charge is -2.15. The third-order valence-electron chi connectivity index (χ3n) is 3.09. The Labute approximate surface area is 103 Å². The fraction of sp³-hybridized carbons (Fsp3) is 0.250. The molecule has 0 aliphatic rings. The van der Waals surface area contributed by atoms with Crippen LogP contribution in [-0.4, -0.2) is 11.7 Å². The molecule has 2 aromatic rings. The summed E-state index contributed by atoms with van der Waals surface area (Å²) in [6.07, 6.45) is 0.889. The van der Waals surface area contributed by atoms with E-state index in [0.29, 0.717) is 0 Å². The molecule has 0 radical (unpaired) electrons. The molecule has 0 heterocycles. The second-order valence-corrected chi connectivity index (χ2v) is 4.48. The maximum absolute atomic E-state index is 9.51. The maximum atomic E-state index is 9.51. The van der Waals surface area contributed by atoms with E-state index in [4.69, 9.17) is 0 Å². The second kappa shape index (κ2) is 5.65. The minimum atomic E-state index is 0.192. The van der Waals surface area contributed by atoms with Gasteiger partial charge in [0.15, 0.2) is 0 Å². The molecule has 0 aromatic heterocycles. The van der Waals surface area contributed by atoms with Gasteiger partial charge in [-0.1, -0.05) is 60.2 Å². The fourth-order valence-electron chi connectivity index (χ4n) is 2.03. The Bertz CT molecular complexity index is 445. The molecule has 0 amide bonds. The Hall–Kier alpha value is -1.60. The van der Waals surface area contributed by atoms with E-state index in [9.17, 15) is 5.11 Å². The molecule has 0 saturated carbocycles. The Balaban J connectivity index is 2.14. The van der Waals surface area contributed by atoms with E-state index in [1.54, 1.807) is 0 Å². The Morgan fingerprint density at radius 1 is 0.941 bits per heavy atom. The number of hydrogen-bond donors (Lipinski definition) is 1. The number of benzene rings is 2. The largest absolute Gasteiger partial charge is 0.396 e. The Morgan fingerprint density at radius 2 is 1.59 bits per heavy atom. The van der Waals surface area contributed by atoms with Crippen molar-refractivity contribution in [3.05, 3.63) is 71.3 Å².